The lowest BCUT2D eigenvalue weighted by molar-refractivity contribution is -0.129. The standard InChI is InChI=1S/C32H27ClN6O3/c33-27-12-10-23(11-13-27)24-8-9-25-18-32(19-26(25)17-24,30(41)34-31-36-38-39-37-31)35-29(40)16-21-6-14-28(15-7-21)42-20-22-4-2-1-3-5-22/h1-15,17H,16,18-20H2,(H,35,40)(H2,34,36,37,38,39,41). The summed E-state index contributed by atoms with van der Waals surface area (Å²) in [4.78, 5) is 27.0. The molecule has 1 aliphatic rings. The van der Waals surface area contributed by atoms with Crippen LogP contribution in [0.5, 0.6) is 5.75 Å². The first-order chi connectivity index (χ1) is 20.5. The van der Waals surface area contributed by atoms with Crippen molar-refractivity contribution in [1.29, 1.82) is 0 Å². The summed E-state index contributed by atoms with van der Waals surface area (Å²) >= 11 is 6.07. The number of fused-ring (bicyclic) bond motifs is 1. The molecular weight excluding hydrogens is 552 g/mol. The molecule has 0 saturated carbocycles. The Labute approximate surface area is 247 Å². The first-order valence-electron chi connectivity index (χ1n) is 13.5. The van der Waals surface area contributed by atoms with Gasteiger partial charge in [0, 0.05) is 17.9 Å². The van der Waals surface area contributed by atoms with Crippen molar-refractivity contribution in [3.8, 4) is 16.9 Å². The second kappa shape index (κ2) is 11.8. The van der Waals surface area contributed by atoms with E-state index in [9.17, 15) is 9.59 Å². The molecule has 1 unspecified atom stereocenters. The number of hydrogen-bond donors (Lipinski definition) is 3. The number of anilines is 1. The van der Waals surface area contributed by atoms with Crippen LogP contribution in [0.15, 0.2) is 97.1 Å². The summed E-state index contributed by atoms with van der Waals surface area (Å²) in [7, 11) is 0. The number of ether oxygens (including phenoxy) is 1. The second-order valence-corrected chi connectivity index (χ2v) is 10.7. The molecule has 3 N–H and O–H groups in total. The van der Waals surface area contributed by atoms with Gasteiger partial charge >= 0.3 is 0 Å². The van der Waals surface area contributed by atoms with Crippen molar-refractivity contribution in [2.24, 2.45) is 0 Å². The van der Waals surface area contributed by atoms with Crippen molar-refractivity contribution < 1.29 is 14.3 Å². The van der Waals surface area contributed by atoms with E-state index >= 15 is 0 Å². The predicted molar refractivity (Wildman–Crippen MR) is 159 cm³/mol. The van der Waals surface area contributed by atoms with E-state index in [1.807, 2.05) is 91.0 Å². The monoisotopic (exact) mass is 578 g/mol. The van der Waals surface area contributed by atoms with Gasteiger partial charge in [-0.05, 0) is 62.9 Å². The van der Waals surface area contributed by atoms with Crippen LogP contribution in [0.25, 0.3) is 11.1 Å². The van der Waals surface area contributed by atoms with Crippen molar-refractivity contribution in [2.75, 3.05) is 5.32 Å². The largest absolute Gasteiger partial charge is 0.489 e. The zero-order valence-electron chi connectivity index (χ0n) is 22.5. The lowest BCUT2D eigenvalue weighted by Crippen LogP contribution is -2.58. The van der Waals surface area contributed by atoms with Crippen LogP contribution >= 0.6 is 11.6 Å². The smallest absolute Gasteiger partial charge is 0.269 e. The molecule has 0 saturated heterocycles. The summed E-state index contributed by atoms with van der Waals surface area (Å²) in [5.41, 5.74) is 4.62. The summed E-state index contributed by atoms with van der Waals surface area (Å²) in [6.45, 7) is 0.457. The Morgan fingerprint density at radius 1 is 0.857 bits per heavy atom. The highest BCUT2D eigenvalue weighted by Crippen LogP contribution is 2.35. The van der Waals surface area contributed by atoms with Gasteiger partial charge < -0.3 is 10.1 Å². The number of hydrogen-bond acceptors (Lipinski definition) is 6. The van der Waals surface area contributed by atoms with Crippen molar-refractivity contribution in [1.82, 2.24) is 25.9 Å². The van der Waals surface area contributed by atoms with Crippen molar-refractivity contribution >= 4 is 29.4 Å². The lowest BCUT2D eigenvalue weighted by Gasteiger charge is -2.28. The normalized spacial score (nSPS) is 15.5. The van der Waals surface area contributed by atoms with Crippen LogP contribution in [0.4, 0.5) is 5.95 Å². The molecule has 0 bridgehead atoms. The Hall–Kier alpha value is -5.02. The Morgan fingerprint density at radius 2 is 1.60 bits per heavy atom. The molecule has 1 aliphatic carbocycles. The molecule has 0 aliphatic heterocycles. The number of carbonyl (C=O) groups excluding carboxylic acids is 2. The molecule has 42 heavy (non-hydrogen) atoms. The van der Waals surface area contributed by atoms with Gasteiger partial charge in [0.1, 0.15) is 17.9 Å². The van der Waals surface area contributed by atoms with Gasteiger partial charge in [-0.2, -0.15) is 5.21 Å². The number of amides is 2. The van der Waals surface area contributed by atoms with Gasteiger partial charge in [-0.3, -0.25) is 14.9 Å². The summed E-state index contributed by atoms with van der Waals surface area (Å²) < 4.78 is 5.86. The fraction of sp³-hybridized carbons (Fsp3) is 0.156. The third kappa shape index (κ3) is 6.16. The van der Waals surface area contributed by atoms with E-state index in [0.717, 1.165) is 33.4 Å². The zero-order valence-corrected chi connectivity index (χ0v) is 23.3. The van der Waals surface area contributed by atoms with E-state index in [1.54, 1.807) is 0 Å². The maximum atomic E-state index is 13.6. The number of carbonyl (C=O) groups is 2. The number of benzene rings is 4. The summed E-state index contributed by atoms with van der Waals surface area (Å²) in [6.07, 6.45) is 0.735. The molecule has 5 aromatic rings. The Balaban J connectivity index is 1.17. The van der Waals surface area contributed by atoms with E-state index in [4.69, 9.17) is 16.3 Å². The Morgan fingerprint density at radius 3 is 2.33 bits per heavy atom. The van der Waals surface area contributed by atoms with Crippen LogP contribution in [0.3, 0.4) is 0 Å². The summed E-state index contributed by atoms with van der Waals surface area (Å²) in [6, 6.07) is 31.0. The SMILES string of the molecule is O=C(Cc1ccc(OCc2ccccc2)cc1)NC1(C(=O)Nc2nn[nH]n2)Cc2ccc(-c3ccc(Cl)cc3)cc2C1. The molecule has 1 atom stereocenters. The average Bonchev–Trinajstić information content (AvgIpc) is 3.65. The van der Waals surface area contributed by atoms with Crippen LogP contribution in [-0.2, 0) is 35.5 Å². The van der Waals surface area contributed by atoms with E-state index in [1.165, 1.54) is 0 Å². The quantitative estimate of drug-likeness (QED) is 0.228. The minimum absolute atomic E-state index is 0.0394. The molecule has 6 rings (SSSR count). The van der Waals surface area contributed by atoms with Gasteiger partial charge in [0.15, 0.2) is 0 Å². The number of halogens is 1. The van der Waals surface area contributed by atoms with Gasteiger partial charge in [-0.15, -0.1) is 5.10 Å². The van der Waals surface area contributed by atoms with Gasteiger partial charge in [0.25, 0.3) is 11.9 Å². The topological polar surface area (TPSA) is 122 Å². The third-order valence-corrected chi connectivity index (χ3v) is 7.54. The summed E-state index contributed by atoms with van der Waals surface area (Å²) in [5, 5.41) is 19.9. The number of rotatable bonds is 9. The van der Waals surface area contributed by atoms with Crippen LogP contribution in [0, 0.1) is 0 Å². The second-order valence-electron chi connectivity index (χ2n) is 10.3. The zero-order chi connectivity index (χ0) is 28.9. The third-order valence-electron chi connectivity index (χ3n) is 7.29. The number of nitrogens with zero attached hydrogens (tertiary/aromatic N) is 3. The van der Waals surface area contributed by atoms with E-state index < -0.39 is 11.4 Å². The molecule has 0 spiro atoms. The van der Waals surface area contributed by atoms with E-state index in [-0.39, 0.29) is 18.3 Å². The van der Waals surface area contributed by atoms with Gasteiger partial charge in [-0.25, -0.2) is 0 Å². The maximum absolute atomic E-state index is 13.6. The maximum Gasteiger partial charge on any atom is 0.269 e. The predicted octanol–water partition coefficient (Wildman–Crippen LogP) is 4.93. The average molecular weight is 579 g/mol. The molecular formula is C32H27ClN6O3. The Kier molecular flexibility index (Phi) is 7.66. The number of H-pyrrole nitrogens is 1. The Bertz CT molecular complexity index is 1690. The highest BCUT2D eigenvalue weighted by molar-refractivity contribution is 6.30. The van der Waals surface area contributed by atoms with Crippen LogP contribution in [0.2, 0.25) is 5.02 Å². The molecule has 4 aromatic carbocycles. The van der Waals surface area contributed by atoms with Crippen molar-refractivity contribution in [3.63, 3.8) is 0 Å². The number of aromatic amines is 1. The fourth-order valence-corrected chi connectivity index (χ4v) is 5.31. The van der Waals surface area contributed by atoms with Crippen molar-refractivity contribution in [2.45, 2.75) is 31.4 Å². The molecule has 210 valence electrons. The summed E-state index contributed by atoms with van der Waals surface area (Å²) in [5.74, 6) is 0.0623. The van der Waals surface area contributed by atoms with Gasteiger partial charge in [0.2, 0.25) is 5.91 Å². The van der Waals surface area contributed by atoms with Crippen LogP contribution in [-0.4, -0.2) is 38.0 Å². The lowest BCUT2D eigenvalue weighted by atomic mass is 9.93. The van der Waals surface area contributed by atoms with E-state index in [0.29, 0.717) is 30.2 Å². The van der Waals surface area contributed by atoms with Crippen LogP contribution in [0.1, 0.15) is 22.3 Å². The molecule has 0 radical (unpaired) electrons. The number of nitrogens with one attached hydrogen (secondary N) is 3. The van der Waals surface area contributed by atoms with E-state index in [2.05, 4.69) is 37.3 Å². The minimum atomic E-state index is -1.22. The minimum Gasteiger partial charge on any atom is -0.489 e. The highest BCUT2D eigenvalue weighted by atomic mass is 35.5. The fourth-order valence-electron chi connectivity index (χ4n) is 5.18. The number of tetrazole rings is 1. The van der Waals surface area contributed by atoms with Crippen molar-refractivity contribution in [3.05, 3.63) is 124 Å². The molecule has 0 fully saturated rings. The highest BCUT2D eigenvalue weighted by Gasteiger charge is 2.45. The first-order valence-corrected chi connectivity index (χ1v) is 13.8. The van der Waals surface area contributed by atoms with Gasteiger partial charge in [-0.1, -0.05) is 89.5 Å². The molecule has 1 aromatic heterocycles. The van der Waals surface area contributed by atoms with Crippen LogP contribution < -0.4 is 15.4 Å². The molecule has 10 heteroatoms. The van der Waals surface area contributed by atoms with Gasteiger partial charge in [0.05, 0.1) is 6.42 Å². The number of aromatic nitrogens is 4. The first kappa shape index (κ1) is 27.2. The molecule has 1 heterocycles. The molecule has 9 nitrogen and oxygen atoms in total. The molecule has 2 amide bonds.